The Morgan fingerprint density at radius 1 is 1.40 bits per heavy atom. The molecule has 1 unspecified atom stereocenters. The highest BCUT2D eigenvalue weighted by atomic mass is 16.4. The summed E-state index contributed by atoms with van der Waals surface area (Å²) in [6.07, 6.45) is 3.22. The molecule has 0 aromatic heterocycles. The van der Waals surface area contributed by atoms with Crippen LogP contribution in [0.5, 0.6) is 0 Å². The molecular weight excluding hydrogens is 256 g/mol. The number of hydrogen-bond donors (Lipinski definition) is 2. The average Bonchev–Trinajstić information content (AvgIpc) is 2.83. The molecular formula is C15H28N2O3. The summed E-state index contributed by atoms with van der Waals surface area (Å²) in [4.78, 5) is 25.0. The molecule has 1 saturated heterocycles. The molecule has 0 radical (unpaired) electrons. The summed E-state index contributed by atoms with van der Waals surface area (Å²) in [7, 11) is 0. The van der Waals surface area contributed by atoms with Gasteiger partial charge in [0.15, 0.2) is 0 Å². The number of carboxylic acids is 1. The van der Waals surface area contributed by atoms with Gasteiger partial charge < -0.3 is 15.3 Å². The lowest BCUT2D eigenvalue weighted by atomic mass is 9.80. The van der Waals surface area contributed by atoms with Crippen LogP contribution >= 0.6 is 0 Å². The van der Waals surface area contributed by atoms with Gasteiger partial charge in [-0.25, -0.2) is 9.59 Å². The number of hydrogen-bond acceptors (Lipinski definition) is 2. The molecule has 20 heavy (non-hydrogen) atoms. The van der Waals surface area contributed by atoms with Crippen LogP contribution in [0.3, 0.4) is 0 Å². The number of carbonyl (C=O) groups excluding carboxylic acids is 1. The second-order valence-corrected chi connectivity index (χ2v) is 6.78. The Morgan fingerprint density at radius 2 is 2.05 bits per heavy atom. The minimum Gasteiger partial charge on any atom is -0.480 e. The van der Waals surface area contributed by atoms with Crippen LogP contribution in [0.4, 0.5) is 4.79 Å². The highest BCUT2D eigenvalue weighted by Gasteiger charge is 2.34. The quantitative estimate of drug-likeness (QED) is 0.815. The Balaban J connectivity index is 2.52. The number of nitrogens with zero attached hydrogens (tertiary/aromatic N) is 1. The molecule has 2 N–H and O–H groups in total. The van der Waals surface area contributed by atoms with Crippen molar-refractivity contribution in [2.45, 2.75) is 59.4 Å². The largest absolute Gasteiger partial charge is 0.480 e. The van der Waals surface area contributed by atoms with Crippen molar-refractivity contribution in [2.24, 2.45) is 11.3 Å². The lowest BCUT2D eigenvalue weighted by Crippen LogP contribution is -2.47. The van der Waals surface area contributed by atoms with Crippen LogP contribution in [-0.4, -0.2) is 41.1 Å². The van der Waals surface area contributed by atoms with Gasteiger partial charge >= 0.3 is 12.0 Å². The average molecular weight is 284 g/mol. The van der Waals surface area contributed by atoms with Gasteiger partial charge in [-0.1, -0.05) is 40.5 Å². The van der Waals surface area contributed by atoms with Crippen LogP contribution < -0.4 is 5.32 Å². The molecule has 5 heteroatoms. The highest BCUT2D eigenvalue weighted by molar-refractivity contribution is 5.82. The van der Waals surface area contributed by atoms with E-state index in [1.165, 1.54) is 0 Å². The third kappa shape index (κ3) is 4.69. The maximum Gasteiger partial charge on any atom is 0.326 e. The summed E-state index contributed by atoms with van der Waals surface area (Å²) in [5.41, 5.74) is 0.184. The van der Waals surface area contributed by atoms with E-state index in [0.29, 0.717) is 18.9 Å². The normalized spacial score (nSPS) is 20.8. The van der Waals surface area contributed by atoms with E-state index in [9.17, 15) is 9.59 Å². The molecule has 1 fully saturated rings. The first-order valence-electron chi connectivity index (χ1n) is 7.54. The van der Waals surface area contributed by atoms with E-state index in [1.807, 2.05) is 6.92 Å². The number of rotatable bonds is 5. The molecule has 0 spiro atoms. The SMILES string of the molecule is CCCC[C@H](NC(=O)N1CCC(C(C)(C)C)C1)C(=O)O. The maximum atomic E-state index is 12.1. The summed E-state index contributed by atoms with van der Waals surface area (Å²) in [5, 5.41) is 11.8. The summed E-state index contributed by atoms with van der Waals surface area (Å²) in [6.45, 7) is 9.99. The van der Waals surface area contributed by atoms with E-state index in [4.69, 9.17) is 5.11 Å². The number of amides is 2. The predicted octanol–water partition coefficient (Wildman–Crippen LogP) is 2.71. The molecule has 1 aliphatic heterocycles. The summed E-state index contributed by atoms with van der Waals surface area (Å²) < 4.78 is 0. The van der Waals surface area contributed by atoms with E-state index >= 15 is 0 Å². The Morgan fingerprint density at radius 3 is 2.50 bits per heavy atom. The molecule has 1 aliphatic rings. The molecule has 5 nitrogen and oxygen atoms in total. The number of nitrogens with one attached hydrogen (secondary N) is 1. The van der Waals surface area contributed by atoms with Gasteiger partial charge in [-0.05, 0) is 24.2 Å². The smallest absolute Gasteiger partial charge is 0.326 e. The minimum absolute atomic E-state index is 0.184. The van der Waals surface area contributed by atoms with E-state index in [0.717, 1.165) is 25.8 Å². The van der Waals surface area contributed by atoms with Gasteiger partial charge in [-0.3, -0.25) is 0 Å². The third-order valence-corrected chi connectivity index (χ3v) is 4.14. The highest BCUT2D eigenvalue weighted by Crippen LogP contribution is 2.33. The van der Waals surface area contributed by atoms with Crippen LogP contribution in [0.15, 0.2) is 0 Å². The molecule has 2 amide bonds. The number of carbonyl (C=O) groups is 2. The standard InChI is InChI=1S/C15H28N2O3/c1-5-6-7-12(13(18)19)16-14(20)17-9-8-11(10-17)15(2,3)4/h11-12H,5-10H2,1-4H3,(H,16,20)(H,18,19)/t11?,12-/m0/s1. The van der Waals surface area contributed by atoms with Crippen molar-refractivity contribution in [1.29, 1.82) is 0 Å². The van der Waals surface area contributed by atoms with Crippen LogP contribution in [0.1, 0.15) is 53.4 Å². The first-order chi connectivity index (χ1) is 9.25. The number of likely N-dealkylation sites (tertiary alicyclic amines) is 1. The second-order valence-electron chi connectivity index (χ2n) is 6.78. The van der Waals surface area contributed by atoms with Crippen LogP contribution in [0.25, 0.3) is 0 Å². The lowest BCUT2D eigenvalue weighted by molar-refractivity contribution is -0.139. The maximum absolute atomic E-state index is 12.1. The monoisotopic (exact) mass is 284 g/mol. The molecule has 116 valence electrons. The van der Waals surface area contributed by atoms with Gasteiger partial charge in [-0.2, -0.15) is 0 Å². The van der Waals surface area contributed by atoms with Gasteiger partial charge in [0.1, 0.15) is 6.04 Å². The summed E-state index contributed by atoms with van der Waals surface area (Å²) in [6, 6.07) is -1.00. The fourth-order valence-electron chi connectivity index (χ4n) is 2.56. The Hall–Kier alpha value is -1.26. The van der Waals surface area contributed by atoms with Crippen molar-refractivity contribution >= 4 is 12.0 Å². The molecule has 0 aromatic rings. The molecule has 0 bridgehead atoms. The van der Waals surface area contributed by atoms with Gasteiger partial charge in [0.05, 0.1) is 0 Å². The topological polar surface area (TPSA) is 69.6 Å². The summed E-state index contributed by atoms with van der Waals surface area (Å²) >= 11 is 0. The number of urea groups is 1. The van der Waals surface area contributed by atoms with E-state index in [1.54, 1.807) is 4.90 Å². The zero-order chi connectivity index (χ0) is 15.3. The van der Waals surface area contributed by atoms with Crippen molar-refractivity contribution in [3.63, 3.8) is 0 Å². The van der Waals surface area contributed by atoms with Gasteiger partial charge in [0.25, 0.3) is 0 Å². The lowest BCUT2D eigenvalue weighted by Gasteiger charge is -2.27. The molecule has 1 rings (SSSR count). The Labute approximate surface area is 121 Å². The van der Waals surface area contributed by atoms with Crippen molar-refractivity contribution < 1.29 is 14.7 Å². The van der Waals surface area contributed by atoms with Crippen LogP contribution in [0, 0.1) is 11.3 Å². The number of unbranched alkanes of at least 4 members (excludes halogenated alkanes) is 1. The molecule has 2 atom stereocenters. The van der Waals surface area contributed by atoms with Crippen molar-refractivity contribution in [2.75, 3.05) is 13.1 Å². The van der Waals surface area contributed by atoms with E-state index in [-0.39, 0.29) is 11.4 Å². The van der Waals surface area contributed by atoms with Gasteiger partial charge in [0, 0.05) is 13.1 Å². The fourth-order valence-corrected chi connectivity index (χ4v) is 2.56. The number of carboxylic acid groups (broad SMARTS) is 1. The molecule has 0 aliphatic carbocycles. The first kappa shape index (κ1) is 16.8. The molecule has 1 heterocycles. The second kappa shape index (κ2) is 6.95. The predicted molar refractivity (Wildman–Crippen MR) is 78.6 cm³/mol. The van der Waals surface area contributed by atoms with E-state index in [2.05, 4.69) is 26.1 Å². The van der Waals surface area contributed by atoms with Crippen LogP contribution in [-0.2, 0) is 4.79 Å². The Kier molecular flexibility index (Phi) is 5.84. The minimum atomic E-state index is -0.946. The van der Waals surface area contributed by atoms with Gasteiger partial charge in [-0.15, -0.1) is 0 Å². The molecule has 0 saturated carbocycles. The number of aliphatic carboxylic acids is 1. The Bertz CT molecular complexity index is 350. The zero-order valence-corrected chi connectivity index (χ0v) is 13.1. The van der Waals surface area contributed by atoms with Crippen molar-refractivity contribution in [1.82, 2.24) is 10.2 Å². The zero-order valence-electron chi connectivity index (χ0n) is 13.1. The fraction of sp³-hybridized carbons (Fsp3) is 0.867. The van der Waals surface area contributed by atoms with E-state index < -0.39 is 12.0 Å². The van der Waals surface area contributed by atoms with Gasteiger partial charge in [0.2, 0.25) is 0 Å². The third-order valence-electron chi connectivity index (χ3n) is 4.14. The van der Waals surface area contributed by atoms with Crippen molar-refractivity contribution in [3.05, 3.63) is 0 Å². The van der Waals surface area contributed by atoms with Crippen LogP contribution in [0.2, 0.25) is 0 Å². The van der Waals surface area contributed by atoms with Crippen molar-refractivity contribution in [3.8, 4) is 0 Å². The molecule has 0 aromatic carbocycles. The first-order valence-corrected chi connectivity index (χ1v) is 7.54. The summed E-state index contributed by atoms with van der Waals surface area (Å²) in [5.74, 6) is -0.467.